The van der Waals surface area contributed by atoms with Crippen molar-refractivity contribution < 1.29 is 0 Å². The van der Waals surface area contributed by atoms with Gasteiger partial charge in [-0.3, -0.25) is 9.88 Å². The molecule has 0 spiro atoms. The van der Waals surface area contributed by atoms with Crippen LogP contribution in [0.1, 0.15) is 12.6 Å². The molecular formula is C13H22N4. The second-order valence-electron chi connectivity index (χ2n) is 4.65. The van der Waals surface area contributed by atoms with Gasteiger partial charge >= 0.3 is 0 Å². The molecule has 4 heteroatoms. The van der Waals surface area contributed by atoms with Crippen LogP contribution in [-0.4, -0.2) is 54.6 Å². The predicted octanol–water partition coefficient (Wildman–Crippen LogP) is 1.26. The van der Waals surface area contributed by atoms with E-state index in [9.17, 15) is 0 Å². The third-order valence-corrected chi connectivity index (χ3v) is 3.18. The normalized spacial score (nSPS) is 18.2. The fourth-order valence-electron chi connectivity index (χ4n) is 2.11. The van der Waals surface area contributed by atoms with E-state index in [2.05, 4.69) is 40.1 Å². The highest BCUT2D eigenvalue weighted by Gasteiger charge is 2.14. The summed E-state index contributed by atoms with van der Waals surface area (Å²) < 4.78 is 0. The molecule has 0 amide bonds. The maximum Gasteiger partial charge on any atom is 0.0564 e. The lowest BCUT2D eigenvalue weighted by molar-refractivity contribution is 0.147. The maximum atomic E-state index is 4.44. The van der Waals surface area contributed by atoms with Crippen LogP contribution in [0.5, 0.6) is 0 Å². The molecule has 2 rings (SSSR count). The molecule has 1 aromatic rings. The number of nitrogens with one attached hydrogen (secondary N) is 1. The van der Waals surface area contributed by atoms with Crippen LogP contribution in [0.25, 0.3) is 0 Å². The van der Waals surface area contributed by atoms with Gasteiger partial charge in [-0.2, -0.15) is 0 Å². The molecule has 2 heterocycles. The Balaban J connectivity index is 1.91. The van der Waals surface area contributed by atoms with E-state index in [1.165, 1.54) is 5.69 Å². The molecule has 0 saturated carbocycles. The van der Waals surface area contributed by atoms with E-state index in [0.29, 0.717) is 0 Å². The highest BCUT2D eigenvalue weighted by atomic mass is 15.2. The molecule has 1 aliphatic rings. The number of anilines is 1. The molecule has 1 saturated heterocycles. The number of piperazine rings is 1. The zero-order valence-electron chi connectivity index (χ0n) is 10.8. The second kappa shape index (κ2) is 5.98. The largest absolute Gasteiger partial charge is 0.385 e. The van der Waals surface area contributed by atoms with Crippen LogP contribution in [0.2, 0.25) is 0 Å². The Morgan fingerprint density at radius 1 is 1.29 bits per heavy atom. The van der Waals surface area contributed by atoms with E-state index in [1.807, 2.05) is 12.3 Å². The Labute approximate surface area is 104 Å². The maximum absolute atomic E-state index is 4.44. The van der Waals surface area contributed by atoms with Crippen molar-refractivity contribution in [3.05, 3.63) is 24.0 Å². The van der Waals surface area contributed by atoms with Gasteiger partial charge in [-0.05, 0) is 26.1 Å². The van der Waals surface area contributed by atoms with E-state index in [4.69, 9.17) is 0 Å². The lowest BCUT2D eigenvalue weighted by Gasteiger charge is -2.32. The molecule has 94 valence electrons. The zero-order valence-corrected chi connectivity index (χ0v) is 10.8. The highest BCUT2D eigenvalue weighted by Crippen LogP contribution is 2.11. The van der Waals surface area contributed by atoms with E-state index >= 15 is 0 Å². The van der Waals surface area contributed by atoms with Gasteiger partial charge in [-0.15, -0.1) is 0 Å². The SMILES string of the molecule is CCNc1ccnc(CN2CCN(C)CC2)c1. The molecule has 0 unspecified atom stereocenters. The summed E-state index contributed by atoms with van der Waals surface area (Å²) >= 11 is 0. The van der Waals surface area contributed by atoms with Crippen LogP contribution in [0, 0.1) is 0 Å². The third kappa shape index (κ3) is 3.68. The van der Waals surface area contributed by atoms with Crippen LogP contribution in [0.3, 0.4) is 0 Å². The van der Waals surface area contributed by atoms with Crippen molar-refractivity contribution in [2.45, 2.75) is 13.5 Å². The second-order valence-corrected chi connectivity index (χ2v) is 4.65. The molecule has 0 bridgehead atoms. The van der Waals surface area contributed by atoms with Crippen LogP contribution in [0.4, 0.5) is 5.69 Å². The van der Waals surface area contributed by atoms with Gasteiger partial charge < -0.3 is 10.2 Å². The topological polar surface area (TPSA) is 31.4 Å². The van der Waals surface area contributed by atoms with Crippen LogP contribution in [-0.2, 0) is 6.54 Å². The van der Waals surface area contributed by atoms with Gasteiger partial charge in [0.05, 0.1) is 5.69 Å². The molecule has 0 atom stereocenters. The number of rotatable bonds is 4. The molecule has 1 aliphatic heterocycles. The summed E-state index contributed by atoms with van der Waals surface area (Å²) in [6.07, 6.45) is 1.89. The number of pyridine rings is 1. The third-order valence-electron chi connectivity index (χ3n) is 3.18. The number of aromatic nitrogens is 1. The first-order valence-electron chi connectivity index (χ1n) is 6.37. The highest BCUT2D eigenvalue weighted by molar-refractivity contribution is 5.42. The van der Waals surface area contributed by atoms with Crippen molar-refractivity contribution in [2.24, 2.45) is 0 Å². The minimum atomic E-state index is 0.956. The Hall–Kier alpha value is -1.13. The Kier molecular flexibility index (Phi) is 4.34. The monoisotopic (exact) mass is 234 g/mol. The van der Waals surface area contributed by atoms with Crippen molar-refractivity contribution in [1.29, 1.82) is 0 Å². The van der Waals surface area contributed by atoms with E-state index in [0.717, 1.165) is 45.0 Å². The standard InChI is InChI=1S/C13H22N4/c1-3-14-12-4-5-15-13(10-12)11-17-8-6-16(2)7-9-17/h4-5,10H,3,6-9,11H2,1-2H3,(H,14,15). The van der Waals surface area contributed by atoms with Gasteiger partial charge in [-0.1, -0.05) is 0 Å². The number of likely N-dealkylation sites (N-methyl/N-ethyl adjacent to an activating group) is 1. The predicted molar refractivity (Wildman–Crippen MR) is 71.2 cm³/mol. The van der Waals surface area contributed by atoms with Crippen molar-refractivity contribution in [3.63, 3.8) is 0 Å². The molecule has 17 heavy (non-hydrogen) atoms. The van der Waals surface area contributed by atoms with Crippen molar-refractivity contribution in [1.82, 2.24) is 14.8 Å². The summed E-state index contributed by atoms with van der Waals surface area (Å²) in [5.74, 6) is 0. The molecule has 1 aromatic heterocycles. The summed E-state index contributed by atoms with van der Waals surface area (Å²) in [6, 6.07) is 4.18. The molecular weight excluding hydrogens is 212 g/mol. The summed E-state index contributed by atoms with van der Waals surface area (Å²) in [4.78, 5) is 9.28. The van der Waals surface area contributed by atoms with Crippen LogP contribution >= 0.6 is 0 Å². The van der Waals surface area contributed by atoms with Gasteiger partial charge in [0.15, 0.2) is 0 Å². The smallest absolute Gasteiger partial charge is 0.0564 e. The lowest BCUT2D eigenvalue weighted by Crippen LogP contribution is -2.44. The quantitative estimate of drug-likeness (QED) is 0.850. The van der Waals surface area contributed by atoms with Gasteiger partial charge in [0.1, 0.15) is 0 Å². The molecule has 0 radical (unpaired) electrons. The number of hydrogen-bond acceptors (Lipinski definition) is 4. The summed E-state index contributed by atoms with van der Waals surface area (Å²) in [7, 11) is 2.18. The zero-order chi connectivity index (χ0) is 12.1. The number of nitrogens with zero attached hydrogens (tertiary/aromatic N) is 3. The Morgan fingerprint density at radius 2 is 2.06 bits per heavy atom. The van der Waals surface area contributed by atoms with E-state index in [1.54, 1.807) is 0 Å². The first kappa shape index (κ1) is 12.3. The summed E-state index contributed by atoms with van der Waals surface area (Å²) in [6.45, 7) is 8.64. The van der Waals surface area contributed by atoms with Crippen LogP contribution in [0.15, 0.2) is 18.3 Å². The molecule has 1 fully saturated rings. The van der Waals surface area contributed by atoms with Crippen molar-refractivity contribution in [3.8, 4) is 0 Å². The minimum absolute atomic E-state index is 0.956. The Bertz CT molecular complexity index is 345. The fraction of sp³-hybridized carbons (Fsp3) is 0.615. The first-order chi connectivity index (χ1) is 8.28. The van der Waals surface area contributed by atoms with Gasteiger partial charge in [0.25, 0.3) is 0 Å². The van der Waals surface area contributed by atoms with Crippen LogP contribution < -0.4 is 5.32 Å². The number of hydrogen-bond donors (Lipinski definition) is 1. The summed E-state index contributed by atoms with van der Waals surface area (Å²) in [5, 5.41) is 3.33. The molecule has 4 nitrogen and oxygen atoms in total. The molecule has 0 aromatic carbocycles. The van der Waals surface area contributed by atoms with E-state index < -0.39 is 0 Å². The Morgan fingerprint density at radius 3 is 2.76 bits per heavy atom. The first-order valence-corrected chi connectivity index (χ1v) is 6.37. The van der Waals surface area contributed by atoms with E-state index in [-0.39, 0.29) is 0 Å². The van der Waals surface area contributed by atoms with Gasteiger partial charge in [0.2, 0.25) is 0 Å². The average molecular weight is 234 g/mol. The molecule has 0 aliphatic carbocycles. The fourth-order valence-corrected chi connectivity index (χ4v) is 2.11. The summed E-state index contributed by atoms with van der Waals surface area (Å²) in [5.41, 5.74) is 2.33. The molecule has 1 N–H and O–H groups in total. The average Bonchev–Trinajstić information content (AvgIpc) is 2.33. The van der Waals surface area contributed by atoms with Crippen molar-refractivity contribution >= 4 is 5.69 Å². The lowest BCUT2D eigenvalue weighted by atomic mass is 10.2. The van der Waals surface area contributed by atoms with Crippen molar-refractivity contribution in [2.75, 3.05) is 45.1 Å². The van der Waals surface area contributed by atoms with Gasteiger partial charge in [-0.25, -0.2) is 0 Å². The van der Waals surface area contributed by atoms with Gasteiger partial charge in [0, 0.05) is 51.2 Å². The minimum Gasteiger partial charge on any atom is -0.385 e.